The van der Waals surface area contributed by atoms with Crippen molar-refractivity contribution in [3.05, 3.63) is 94.0 Å². The Morgan fingerprint density at radius 3 is 2.12 bits per heavy atom. The molecule has 6 heteroatoms. The molecule has 2 amide bonds. The minimum atomic E-state index is -0.388. The maximum atomic E-state index is 13.5. The molecule has 0 bridgehead atoms. The molecule has 0 fully saturated rings. The van der Waals surface area contributed by atoms with Crippen LogP contribution in [-0.4, -0.2) is 18.9 Å². The van der Waals surface area contributed by atoms with E-state index < -0.39 is 0 Å². The second-order valence-electron chi connectivity index (χ2n) is 7.74. The first-order valence-corrected chi connectivity index (χ1v) is 11.0. The van der Waals surface area contributed by atoms with Gasteiger partial charge in [0, 0.05) is 4.90 Å². The van der Waals surface area contributed by atoms with Gasteiger partial charge in [-0.25, -0.2) is 4.90 Å². The molecule has 0 radical (unpaired) electrons. The number of aryl methyl sites for hydroxylation is 3. The molecule has 0 aliphatic carbocycles. The molecule has 162 valence electrons. The lowest BCUT2D eigenvalue weighted by Gasteiger charge is -2.17. The Morgan fingerprint density at radius 2 is 1.47 bits per heavy atom. The molecular weight excluding hydrogens is 420 g/mol. The van der Waals surface area contributed by atoms with Crippen LogP contribution >= 0.6 is 11.8 Å². The molecule has 0 unspecified atom stereocenters. The minimum Gasteiger partial charge on any atom is -0.495 e. The highest BCUT2D eigenvalue weighted by Gasteiger charge is 2.40. The fourth-order valence-electron chi connectivity index (χ4n) is 3.64. The summed E-state index contributed by atoms with van der Waals surface area (Å²) >= 11 is 1.28. The number of anilines is 2. The van der Waals surface area contributed by atoms with E-state index in [1.54, 1.807) is 13.2 Å². The molecule has 0 atom stereocenters. The smallest absolute Gasteiger partial charge is 0.283 e. The lowest BCUT2D eigenvalue weighted by atomic mass is 10.1. The molecule has 3 aromatic carbocycles. The predicted octanol–water partition coefficient (Wildman–Crippen LogP) is 5.61. The van der Waals surface area contributed by atoms with Gasteiger partial charge in [-0.2, -0.15) is 0 Å². The van der Waals surface area contributed by atoms with E-state index in [2.05, 4.69) is 5.32 Å². The SMILES string of the molecule is COc1ccccc1NC1=C(Sc2ccc(C)cc2)C(=O)N(c2cc(C)cc(C)c2)C1=O. The van der Waals surface area contributed by atoms with Crippen molar-refractivity contribution in [1.82, 2.24) is 0 Å². The summed E-state index contributed by atoms with van der Waals surface area (Å²) in [4.78, 5) is 29.5. The van der Waals surface area contributed by atoms with Gasteiger partial charge in [0.2, 0.25) is 0 Å². The topological polar surface area (TPSA) is 58.6 Å². The first kappa shape index (κ1) is 21.7. The van der Waals surface area contributed by atoms with Crippen LogP contribution in [0.4, 0.5) is 11.4 Å². The summed E-state index contributed by atoms with van der Waals surface area (Å²) < 4.78 is 5.43. The standard InChI is InChI=1S/C26H24N2O3S/c1-16-9-11-20(12-10-16)32-24-23(27-21-7-5-6-8-22(21)31-4)25(29)28(26(24)30)19-14-17(2)13-18(3)15-19/h5-15,27H,1-4H3. The maximum absolute atomic E-state index is 13.5. The minimum absolute atomic E-state index is 0.240. The zero-order chi connectivity index (χ0) is 22.8. The quantitative estimate of drug-likeness (QED) is 0.501. The third-order valence-electron chi connectivity index (χ3n) is 5.11. The summed E-state index contributed by atoms with van der Waals surface area (Å²) in [5.41, 5.74) is 4.52. The average Bonchev–Trinajstić information content (AvgIpc) is 2.99. The van der Waals surface area contributed by atoms with E-state index in [1.807, 2.05) is 81.4 Å². The third kappa shape index (κ3) is 4.27. The van der Waals surface area contributed by atoms with Gasteiger partial charge in [0.05, 0.1) is 18.5 Å². The molecule has 1 N–H and O–H groups in total. The Balaban J connectivity index is 1.78. The van der Waals surface area contributed by atoms with Gasteiger partial charge in [0.15, 0.2) is 0 Å². The number of amides is 2. The van der Waals surface area contributed by atoms with Gasteiger partial charge >= 0.3 is 0 Å². The summed E-state index contributed by atoms with van der Waals surface area (Å²) in [5, 5.41) is 3.17. The van der Waals surface area contributed by atoms with Gasteiger partial charge < -0.3 is 10.1 Å². The Hall–Kier alpha value is -3.51. The molecule has 0 aromatic heterocycles. The zero-order valence-electron chi connectivity index (χ0n) is 18.4. The first-order chi connectivity index (χ1) is 15.4. The van der Waals surface area contributed by atoms with E-state index in [4.69, 9.17) is 4.74 Å². The number of benzene rings is 3. The van der Waals surface area contributed by atoms with Gasteiger partial charge in [-0.05, 0) is 68.3 Å². The molecule has 1 heterocycles. The van der Waals surface area contributed by atoms with Crippen molar-refractivity contribution in [2.24, 2.45) is 0 Å². The summed E-state index contributed by atoms with van der Waals surface area (Å²) in [6.45, 7) is 5.91. The Labute approximate surface area is 192 Å². The van der Waals surface area contributed by atoms with E-state index in [0.29, 0.717) is 22.0 Å². The second kappa shape index (κ2) is 8.93. The number of rotatable bonds is 6. The molecule has 3 aromatic rings. The number of thioether (sulfide) groups is 1. The largest absolute Gasteiger partial charge is 0.495 e. The lowest BCUT2D eigenvalue weighted by molar-refractivity contribution is -0.120. The van der Waals surface area contributed by atoms with E-state index >= 15 is 0 Å². The third-order valence-corrected chi connectivity index (χ3v) is 6.20. The molecule has 1 aliphatic rings. The van der Waals surface area contributed by atoms with Crippen molar-refractivity contribution in [1.29, 1.82) is 0 Å². The summed E-state index contributed by atoms with van der Waals surface area (Å²) in [6, 6.07) is 20.9. The van der Waals surface area contributed by atoms with Crippen molar-refractivity contribution >= 4 is 35.0 Å². The number of para-hydroxylation sites is 2. The van der Waals surface area contributed by atoms with Crippen LogP contribution in [0.2, 0.25) is 0 Å². The van der Waals surface area contributed by atoms with Crippen LogP contribution in [-0.2, 0) is 9.59 Å². The molecule has 1 aliphatic heterocycles. The van der Waals surface area contributed by atoms with Gasteiger partial charge in [0.1, 0.15) is 16.4 Å². The van der Waals surface area contributed by atoms with Crippen LogP contribution in [0, 0.1) is 20.8 Å². The normalized spacial score (nSPS) is 13.7. The monoisotopic (exact) mass is 444 g/mol. The number of nitrogens with one attached hydrogen (secondary N) is 1. The zero-order valence-corrected chi connectivity index (χ0v) is 19.2. The van der Waals surface area contributed by atoms with E-state index in [1.165, 1.54) is 16.7 Å². The fourth-order valence-corrected chi connectivity index (χ4v) is 4.56. The second-order valence-corrected chi connectivity index (χ2v) is 8.82. The van der Waals surface area contributed by atoms with E-state index in [0.717, 1.165) is 21.6 Å². The van der Waals surface area contributed by atoms with Gasteiger partial charge in [-0.1, -0.05) is 47.7 Å². The van der Waals surface area contributed by atoms with Crippen LogP contribution in [0.5, 0.6) is 5.75 Å². The Kier molecular flexibility index (Phi) is 6.06. The highest BCUT2D eigenvalue weighted by Crippen LogP contribution is 2.39. The molecule has 0 saturated carbocycles. The van der Waals surface area contributed by atoms with Crippen molar-refractivity contribution in [3.8, 4) is 5.75 Å². The van der Waals surface area contributed by atoms with Gasteiger partial charge in [-0.15, -0.1) is 0 Å². The van der Waals surface area contributed by atoms with Gasteiger partial charge in [0.25, 0.3) is 11.8 Å². The fraction of sp³-hybridized carbons (Fsp3) is 0.154. The van der Waals surface area contributed by atoms with Crippen LogP contribution in [0.1, 0.15) is 16.7 Å². The lowest BCUT2D eigenvalue weighted by Crippen LogP contribution is -2.32. The molecule has 32 heavy (non-hydrogen) atoms. The summed E-state index contributed by atoms with van der Waals surface area (Å²) in [5.74, 6) is -0.145. The van der Waals surface area contributed by atoms with Gasteiger partial charge in [-0.3, -0.25) is 9.59 Å². The predicted molar refractivity (Wildman–Crippen MR) is 129 cm³/mol. The number of nitrogens with zero attached hydrogens (tertiary/aromatic N) is 1. The van der Waals surface area contributed by atoms with Crippen molar-refractivity contribution < 1.29 is 14.3 Å². The summed E-state index contributed by atoms with van der Waals surface area (Å²) in [7, 11) is 1.57. The number of hydrogen-bond acceptors (Lipinski definition) is 5. The molecule has 5 nitrogen and oxygen atoms in total. The average molecular weight is 445 g/mol. The molecule has 0 spiro atoms. The molecule has 4 rings (SSSR count). The van der Waals surface area contributed by atoms with Crippen LogP contribution < -0.4 is 15.0 Å². The number of imide groups is 1. The Morgan fingerprint density at radius 1 is 0.812 bits per heavy atom. The number of hydrogen-bond donors (Lipinski definition) is 1. The first-order valence-electron chi connectivity index (χ1n) is 10.2. The number of carbonyl (C=O) groups is 2. The molecule has 0 saturated heterocycles. The van der Waals surface area contributed by atoms with E-state index in [9.17, 15) is 9.59 Å². The van der Waals surface area contributed by atoms with Crippen LogP contribution in [0.15, 0.2) is 82.2 Å². The van der Waals surface area contributed by atoms with Crippen molar-refractivity contribution in [3.63, 3.8) is 0 Å². The highest BCUT2D eigenvalue weighted by molar-refractivity contribution is 8.04. The van der Waals surface area contributed by atoms with Crippen molar-refractivity contribution in [2.45, 2.75) is 25.7 Å². The molecular formula is C26H24N2O3S. The number of carbonyl (C=O) groups excluding carboxylic acids is 2. The Bertz CT molecular complexity index is 1210. The van der Waals surface area contributed by atoms with E-state index in [-0.39, 0.29) is 17.5 Å². The summed E-state index contributed by atoms with van der Waals surface area (Å²) in [6.07, 6.45) is 0. The van der Waals surface area contributed by atoms with Crippen LogP contribution in [0.3, 0.4) is 0 Å². The van der Waals surface area contributed by atoms with Crippen LogP contribution in [0.25, 0.3) is 0 Å². The van der Waals surface area contributed by atoms with Crippen molar-refractivity contribution in [2.75, 3.05) is 17.3 Å². The maximum Gasteiger partial charge on any atom is 0.283 e. The number of methoxy groups -OCH3 is 1. The highest BCUT2D eigenvalue weighted by atomic mass is 32.2. The number of ether oxygens (including phenoxy) is 1.